The topological polar surface area (TPSA) is 107 Å². The fraction of sp³-hybridized carbons (Fsp3) is 0.267. The number of hydrogen-bond donors (Lipinski definition) is 1. The molecule has 8 nitrogen and oxygen atoms in total. The Bertz CT molecular complexity index is 935. The SMILES string of the molecule is Cc1oncc1C(=O)NC(C)c1nc(-c2ccnc(C(F)(F)F)c2)no1. The fourth-order valence-corrected chi connectivity index (χ4v) is 2.11. The van der Waals surface area contributed by atoms with E-state index in [2.05, 4.69) is 25.6 Å². The Balaban J connectivity index is 1.77. The van der Waals surface area contributed by atoms with Gasteiger partial charge >= 0.3 is 6.18 Å². The molecular weight excluding hydrogens is 355 g/mol. The van der Waals surface area contributed by atoms with Crippen LogP contribution in [0, 0.1) is 6.92 Å². The van der Waals surface area contributed by atoms with Gasteiger partial charge in [-0.25, -0.2) is 0 Å². The summed E-state index contributed by atoms with van der Waals surface area (Å²) in [4.78, 5) is 19.4. The predicted molar refractivity (Wildman–Crippen MR) is 79.7 cm³/mol. The zero-order valence-corrected chi connectivity index (χ0v) is 13.5. The summed E-state index contributed by atoms with van der Waals surface area (Å²) in [6.07, 6.45) is -2.30. The molecule has 1 N–H and O–H groups in total. The van der Waals surface area contributed by atoms with E-state index in [1.165, 1.54) is 12.3 Å². The third-order valence-electron chi connectivity index (χ3n) is 3.46. The van der Waals surface area contributed by atoms with Gasteiger partial charge in [0, 0.05) is 11.8 Å². The summed E-state index contributed by atoms with van der Waals surface area (Å²) in [6, 6.07) is 1.47. The van der Waals surface area contributed by atoms with Gasteiger partial charge in [-0.1, -0.05) is 10.3 Å². The van der Waals surface area contributed by atoms with E-state index in [9.17, 15) is 18.0 Å². The molecule has 0 fully saturated rings. The number of nitrogens with one attached hydrogen (secondary N) is 1. The summed E-state index contributed by atoms with van der Waals surface area (Å²) in [5, 5.41) is 9.78. The highest BCUT2D eigenvalue weighted by atomic mass is 19.4. The minimum atomic E-state index is -4.58. The van der Waals surface area contributed by atoms with Crippen molar-refractivity contribution in [3.05, 3.63) is 47.4 Å². The van der Waals surface area contributed by atoms with Gasteiger partial charge in [-0.05, 0) is 26.0 Å². The van der Waals surface area contributed by atoms with E-state index in [1.807, 2.05) is 0 Å². The van der Waals surface area contributed by atoms with Crippen molar-refractivity contribution < 1.29 is 27.0 Å². The molecule has 11 heteroatoms. The molecule has 0 aromatic carbocycles. The number of nitrogens with zero attached hydrogens (tertiary/aromatic N) is 4. The predicted octanol–water partition coefficient (Wildman–Crippen LogP) is 2.94. The Hall–Kier alpha value is -3.24. The van der Waals surface area contributed by atoms with Crippen molar-refractivity contribution in [2.45, 2.75) is 26.1 Å². The van der Waals surface area contributed by atoms with Crippen molar-refractivity contribution in [3.63, 3.8) is 0 Å². The third kappa shape index (κ3) is 3.55. The van der Waals surface area contributed by atoms with Crippen LogP contribution in [0.1, 0.15) is 40.7 Å². The van der Waals surface area contributed by atoms with E-state index in [0.717, 1.165) is 12.3 Å². The smallest absolute Gasteiger partial charge is 0.361 e. The second kappa shape index (κ2) is 6.58. The number of aryl methyl sites for hydroxylation is 1. The number of carbonyl (C=O) groups is 1. The van der Waals surface area contributed by atoms with Gasteiger partial charge in [0.1, 0.15) is 23.1 Å². The zero-order valence-electron chi connectivity index (χ0n) is 13.5. The molecule has 1 unspecified atom stereocenters. The molecule has 3 aromatic rings. The standard InChI is InChI=1S/C15H12F3N5O3/c1-7(21-13(24)10-6-20-25-8(10)2)14-22-12(23-26-14)9-3-4-19-11(5-9)15(16,17)18/h3-7H,1-2H3,(H,21,24). The number of aromatic nitrogens is 4. The van der Waals surface area contributed by atoms with E-state index in [-0.39, 0.29) is 22.8 Å². The van der Waals surface area contributed by atoms with E-state index >= 15 is 0 Å². The largest absolute Gasteiger partial charge is 0.433 e. The molecule has 0 saturated heterocycles. The maximum atomic E-state index is 12.7. The van der Waals surface area contributed by atoms with Gasteiger partial charge in [-0.2, -0.15) is 18.2 Å². The molecule has 136 valence electrons. The third-order valence-corrected chi connectivity index (χ3v) is 3.46. The highest BCUT2D eigenvalue weighted by molar-refractivity contribution is 5.94. The van der Waals surface area contributed by atoms with E-state index in [0.29, 0.717) is 5.76 Å². The van der Waals surface area contributed by atoms with Crippen LogP contribution in [0.2, 0.25) is 0 Å². The Labute approximate surface area is 144 Å². The number of halogens is 3. The number of rotatable bonds is 4. The highest BCUT2D eigenvalue weighted by Crippen LogP contribution is 2.30. The molecule has 0 saturated carbocycles. The van der Waals surface area contributed by atoms with Crippen LogP contribution in [0.5, 0.6) is 0 Å². The van der Waals surface area contributed by atoms with Crippen LogP contribution < -0.4 is 5.32 Å². The van der Waals surface area contributed by atoms with Gasteiger partial charge in [0.15, 0.2) is 0 Å². The summed E-state index contributed by atoms with van der Waals surface area (Å²) in [7, 11) is 0. The Morgan fingerprint density at radius 2 is 2.08 bits per heavy atom. The van der Waals surface area contributed by atoms with Crippen LogP contribution in [0.3, 0.4) is 0 Å². The Morgan fingerprint density at radius 1 is 1.31 bits per heavy atom. The lowest BCUT2D eigenvalue weighted by Gasteiger charge is -2.08. The lowest BCUT2D eigenvalue weighted by atomic mass is 10.2. The lowest BCUT2D eigenvalue weighted by Crippen LogP contribution is -2.27. The molecule has 0 aliphatic rings. The number of alkyl halides is 3. The van der Waals surface area contributed by atoms with E-state index in [4.69, 9.17) is 9.05 Å². The number of carbonyl (C=O) groups excluding carboxylic acids is 1. The first-order chi connectivity index (χ1) is 12.3. The maximum absolute atomic E-state index is 12.7. The Kier molecular flexibility index (Phi) is 4.45. The van der Waals surface area contributed by atoms with E-state index in [1.54, 1.807) is 13.8 Å². The first-order valence-corrected chi connectivity index (χ1v) is 7.35. The molecular formula is C15H12F3N5O3. The van der Waals surface area contributed by atoms with Crippen LogP contribution in [-0.2, 0) is 6.18 Å². The van der Waals surface area contributed by atoms with Gasteiger partial charge in [0.05, 0.1) is 6.20 Å². The minimum absolute atomic E-state index is 0.0350. The van der Waals surface area contributed by atoms with Crippen molar-refractivity contribution >= 4 is 5.91 Å². The Morgan fingerprint density at radius 3 is 2.73 bits per heavy atom. The average Bonchev–Trinajstić information content (AvgIpc) is 3.23. The molecule has 26 heavy (non-hydrogen) atoms. The van der Waals surface area contributed by atoms with Crippen LogP contribution in [-0.4, -0.2) is 26.2 Å². The quantitative estimate of drug-likeness (QED) is 0.755. The molecule has 0 spiro atoms. The van der Waals surface area contributed by atoms with Gasteiger partial charge < -0.3 is 14.4 Å². The summed E-state index contributed by atoms with van der Waals surface area (Å²) >= 11 is 0. The molecule has 1 amide bonds. The van der Waals surface area contributed by atoms with Gasteiger partial charge in [0.25, 0.3) is 5.91 Å². The second-order valence-electron chi connectivity index (χ2n) is 5.37. The molecule has 0 aliphatic carbocycles. The maximum Gasteiger partial charge on any atom is 0.433 e. The normalized spacial score (nSPS) is 12.8. The first kappa shape index (κ1) is 17.6. The van der Waals surface area contributed by atoms with Crippen LogP contribution in [0.15, 0.2) is 33.6 Å². The molecule has 3 heterocycles. The van der Waals surface area contributed by atoms with Crippen LogP contribution >= 0.6 is 0 Å². The summed E-state index contributed by atoms with van der Waals surface area (Å²) in [5.41, 5.74) is -0.720. The molecule has 0 aliphatic heterocycles. The summed E-state index contributed by atoms with van der Waals surface area (Å²) < 4.78 is 48.1. The zero-order chi connectivity index (χ0) is 18.9. The van der Waals surface area contributed by atoms with Crippen molar-refractivity contribution in [3.8, 4) is 11.4 Å². The average molecular weight is 367 g/mol. The fourth-order valence-electron chi connectivity index (χ4n) is 2.11. The first-order valence-electron chi connectivity index (χ1n) is 7.35. The van der Waals surface area contributed by atoms with Gasteiger partial charge in [-0.15, -0.1) is 0 Å². The second-order valence-corrected chi connectivity index (χ2v) is 5.37. The molecule has 0 radical (unpaired) electrons. The van der Waals surface area contributed by atoms with Crippen LogP contribution in [0.25, 0.3) is 11.4 Å². The van der Waals surface area contributed by atoms with Gasteiger partial charge in [-0.3, -0.25) is 9.78 Å². The van der Waals surface area contributed by atoms with Crippen molar-refractivity contribution in [2.75, 3.05) is 0 Å². The molecule has 3 aromatic heterocycles. The number of hydrogen-bond acceptors (Lipinski definition) is 7. The lowest BCUT2D eigenvalue weighted by molar-refractivity contribution is -0.141. The van der Waals surface area contributed by atoms with Crippen molar-refractivity contribution in [2.24, 2.45) is 0 Å². The monoisotopic (exact) mass is 367 g/mol. The highest BCUT2D eigenvalue weighted by Gasteiger charge is 2.33. The molecule has 0 bridgehead atoms. The summed E-state index contributed by atoms with van der Waals surface area (Å²) in [5.74, 6) is -0.125. The van der Waals surface area contributed by atoms with Crippen LogP contribution in [0.4, 0.5) is 13.2 Å². The number of pyridine rings is 1. The van der Waals surface area contributed by atoms with Crippen molar-refractivity contribution in [1.82, 2.24) is 25.6 Å². The van der Waals surface area contributed by atoms with E-state index < -0.39 is 23.8 Å². The molecule has 3 rings (SSSR count). The summed E-state index contributed by atoms with van der Waals surface area (Å²) in [6.45, 7) is 3.17. The van der Waals surface area contributed by atoms with Crippen molar-refractivity contribution in [1.29, 1.82) is 0 Å². The number of amides is 1. The minimum Gasteiger partial charge on any atom is -0.361 e. The molecule has 1 atom stereocenters. The van der Waals surface area contributed by atoms with Gasteiger partial charge in [0.2, 0.25) is 11.7 Å².